The molecule has 1 aliphatic rings. The largest absolute Gasteiger partial charge is 0.528 e. The molecule has 1 aliphatic heterocycles. The molecule has 18 heteroatoms. The number of halogens is 2. The first-order valence-electron chi connectivity index (χ1n) is 5.90. The van der Waals surface area contributed by atoms with Gasteiger partial charge in [0.05, 0.1) is 13.2 Å². The number of amidine groups is 1. The van der Waals surface area contributed by atoms with Gasteiger partial charge in [0, 0.05) is 19.0 Å². The maximum absolute atomic E-state index is 14.7. The number of aliphatic imine (C=N–C) groups is 1. The summed E-state index contributed by atoms with van der Waals surface area (Å²) in [7, 11) is -10.3. The van der Waals surface area contributed by atoms with Gasteiger partial charge in [0.25, 0.3) is 0 Å². The number of hydroxylamine groups is 2. The minimum absolute atomic E-state index is 0.394. The lowest BCUT2D eigenvalue weighted by Crippen LogP contribution is -2.86. The Balaban J connectivity index is 3.85. The Labute approximate surface area is 140 Å². The summed E-state index contributed by atoms with van der Waals surface area (Å²) in [5.74, 6) is 5.06. The van der Waals surface area contributed by atoms with Crippen LogP contribution in [0.2, 0.25) is 0 Å². The highest BCUT2D eigenvalue weighted by Crippen LogP contribution is 2.44. The third-order valence-corrected chi connectivity index (χ3v) is 4.78. The predicted octanol–water partition coefficient (Wildman–Crippen LogP) is -2.10. The highest BCUT2D eigenvalue weighted by Gasteiger charge is 2.82. The fourth-order valence-corrected chi connectivity index (χ4v) is 3.27. The molecule has 0 aromatic rings. The Morgan fingerprint density at radius 2 is 1.80 bits per heavy atom. The molecule has 0 saturated heterocycles. The van der Waals surface area contributed by atoms with E-state index in [0.29, 0.717) is 7.11 Å². The van der Waals surface area contributed by atoms with Crippen molar-refractivity contribution < 1.29 is 58.9 Å². The van der Waals surface area contributed by atoms with Crippen molar-refractivity contribution >= 4 is 26.5 Å². The number of rotatable bonds is 7. The molecule has 3 unspecified atom stereocenters. The second-order valence-electron chi connectivity index (χ2n) is 4.41. The van der Waals surface area contributed by atoms with Crippen LogP contribution in [0.25, 0.3) is 0 Å². The lowest BCUT2D eigenvalue weighted by molar-refractivity contribution is -1.22. The Bertz CT molecular complexity index is 757. The van der Waals surface area contributed by atoms with Crippen LogP contribution in [0, 0.1) is 0 Å². The average molecular weight is 417 g/mol. The van der Waals surface area contributed by atoms with Crippen LogP contribution in [0.4, 0.5) is 8.78 Å². The summed E-state index contributed by atoms with van der Waals surface area (Å²) in [6, 6.07) is -3.80. The number of quaternary nitrogens is 1. The van der Waals surface area contributed by atoms with E-state index in [-0.39, 0.29) is 0 Å². The van der Waals surface area contributed by atoms with Gasteiger partial charge in [0.1, 0.15) is 0 Å². The van der Waals surface area contributed by atoms with Crippen molar-refractivity contribution in [1.29, 1.82) is 0 Å². The van der Waals surface area contributed by atoms with Crippen molar-refractivity contribution in [1.82, 2.24) is 4.31 Å². The van der Waals surface area contributed by atoms with Crippen LogP contribution in [-0.2, 0) is 34.6 Å². The quantitative estimate of drug-likeness (QED) is 0.0883. The Hall–Kier alpha value is -1.09. The molecule has 25 heavy (non-hydrogen) atoms. The van der Waals surface area contributed by atoms with Crippen molar-refractivity contribution in [2.24, 2.45) is 10.8 Å². The van der Waals surface area contributed by atoms with Gasteiger partial charge in [-0.1, -0.05) is 4.31 Å². The van der Waals surface area contributed by atoms with Gasteiger partial charge in [-0.3, -0.25) is 18.6 Å². The maximum atomic E-state index is 14.7. The van der Waals surface area contributed by atoms with Gasteiger partial charge >= 0.3 is 37.8 Å². The van der Waals surface area contributed by atoms with E-state index in [0.717, 1.165) is 7.11 Å². The van der Waals surface area contributed by atoms with Gasteiger partial charge in [-0.05, 0) is 0 Å². The molecular weight excluding hydrogens is 402 g/mol. The van der Waals surface area contributed by atoms with Gasteiger partial charge in [-0.2, -0.15) is 26.4 Å². The van der Waals surface area contributed by atoms with Crippen LogP contribution in [0.1, 0.15) is 0 Å². The molecule has 1 rings (SSSR count). The molecule has 0 saturated carbocycles. The molecule has 0 aromatic heterocycles. The molecule has 0 radical (unpaired) electrons. The number of hydrogen-bond acceptors (Lipinski definition) is 10. The minimum atomic E-state index is -6.14. The van der Waals surface area contributed by atoms with Crippen LogP contribution < -0.4 is 5.84 Å². The van der Waals surface area contributed by atoms with Crippen LogP contribution in [-0.4, -0.2) is 85.0 Å². The lowest BCUT2D eigenvalue weighted by Gasteiger charge is -2.48. The Kier molecular flexibility index (Phi) is 5.77. The third-order valence-electron chi connectivity index (χ3n) is 2.91. The molecule has 148 valence electrons. The first kappa shape index (κ1) is 22.0. The normalized spacial score (nSPS) is 34.1. The van der Waals surface area contributed by atoms with Crippen molar-refractivity contribution in [3.63, 3.8) is 0 Å². The van der Waals surface area contributed by atoms with Crippen LogP contribution in [0.15, 0.2) is 4.99 Å². The van der Waals surface area contributed by atoms with E-state index < -0.39 is 60.1 Å². The summed E-state index contributed by atoms with van der Waals surface area (Å²) in [6.07, 6.45) is -2.57. The molecule has 0 amide bonds. The summed E-state index contributed by atoms with van der Waals surface area (Å²) >= 11 is 0. The second-order valence-corrected chi connectivity index (χ2v) is 7.14. The van der Waals surface area contributed by atoms with E-state index >= 15 is 0 Å². The molecular formula is C7H15F2N4O10S2+. The van der Waals surface area contributed by atoms with Crippen molar-refractivity contribution in [3.05, 3.63) is 0 Å². The lowest BCUT2D eigenvalue weighted by atomic mass is 10.6. The van der Waals surface area contributed by atoms with E-state index in [1.165, 1.54) is 0 Å². The van der Waals surface area contributed by atoms with Gasteiger partial charge < -0.3 is 4.74 Å². The van der Waals surface area contributed by atoms with Gasteiger partial charge in [0.15, 0.2) is 0 Å². The zero-order valence-electron chi connectivity index (χ0n) is 12.6. The highest BCUT2D eigenvalue weighted by molar-refractivity contribution is 7.86. The molecule has 5 N–H and O–H groups in total. The molecule has 3 atom stereocenters. The van der Waals surface area contributed by atoms with E-state index in [2.05, 4.69) is 19.2 Å². The summed E-state index contributed by atoms with van der Waals surface area (Å²) in [4.78, 5) is 2.10. The summed E-state index contributed by atoms with van der Waals surface area (Å²) < 4.78 is 101. The van der Waals surface area contributed by atoms with Gasteiger partial charge in [-0.15, -0.1) is 15.2 Å². The highest BCUT2D eigenvalue weighted by atomic mass is 32.2. The van der Waals surface area contributed by atoms with Crippen molar-refractivity contribution in [3.8, 4) is 0 Å². The molecule has 1 heterocycles. The number of alkyl halides is 1. The number of methoxy groups -OCH3 is 2. The van der Waals surface area contributed by atoms with Crippen LogP contribution in [0.3, 0.4) is 0 Å². The predicted molar refractivity (Wildman–Crippen MR) is 71.1 cm³/mol. The number of hydrogen-bond donors (Lipinski definition) is 4. The third kappa shape index (κ3) is 3.20. The number of ether oxygens (including phenoxy) is 3. The topological polar surface area (TPSA) is 198 Å². The monoisotopic (exact) mass is 417 g/mol. The van der Waals surface area contributed by atoms with Crippen molar-refractivity contribution in [2.45, 2.75) is 11.3 Å². The maximum Gasteiger partial charge on any atom is 0.528 e. The first-order chi connectivity index (χ1) is 11.1. The fourth-order valence-electron chi connectivity index (χ4n) is 1.84. The molecule has 0 fully saturated rings. The standard InChI is InChI=1S/C7H14F2N4O10S2/c1-21-3-4-23-7(22-2)12(25(18,19)20)5(8)11-6(9,13(7,10)14)24(15,16)17/h14H,3-4,10H2,1-2H3,(H-,15,16,17,18,19,20)/p+1. The number of nitrogens with zero attached hydrogens (tertiary/aromatic N) is 3. The zero-order chi connectivity index (χ0) is 19.9. The Morgan fingerprint density at radius 3 is 2.16 bits per heavy atom. The summed E-state index contributed by atoms with van der Waals surface area (Å²) in [5.41, 5.74) is 0. The van der Waals surface area contributed by atoms with Gasteiger partial charge in [0.2, 0.25) is 0 Å². The molecule has 14 nitrogen and oxygen atoms in total. The molecule has 0 aromatic carbocycles. The number of nitrogens with two attached hydrogens (primary N) is 1. The summed E-state index contributed by atoms with van der Waals surface area (Å²) in [5, 5.41) is 5.28. The zero-order valence-corrected chi connectivity index (χ0v) is 14.2. The molecule has 0 spiro atoms. The first-order valence-corrected chi connectivity index (χ1v) is 8.74. The van der Waals surface area contributed by atoms with E-state index in [4.69, 9.17) is 14.9 Å². The molecule has 0 aliphatic carbocycles. The summed E-state index contributed by atoms with van der Waals surface area (Å²) in [6.45, 7) is -1.18. The average Bonchev–Trinajstić information content (AvgIpc) is 2.41. The SMILES string of the molecule is COCCOC1(OC)N(S(=O)(=O)O)C(F)=NC(F)(S(=O)(=O)O)[N+]1(N)O. The Morgan fingerprint density at radius 1 is 1.28 bits per heavy atom. The fraction of sp³-hybridized carbons (Fsp3) is 0.857. The van der Waals surface area contributed by atoms with E-state index in [1.54, 1.807) is 0 Å². The van der Waals surface area contributed by atoms with Crippen LogP contribution in [0.5, 0.6) is 0 Å². The van der Waals surface area contributed by atoms with Crippen molar-refractivity contribution in [2.75, 3.05) is 27.4 Å². The van der Waals surface area contributed by atoms with E-state index in [1.807, 2.05) is 0 Å². The van der Waals surface area contributed by atoms with Crippen LogP contribution >= 0.6 is 0 Å². The molecule has 0 bridgehead atoms. The van der Waals surface area contributed by atoms with Gasteiger partial charge in [-0.25, -0.2) is 0 Å². The minimum Gasteiger partial charge on any atom is -0.382 e. The van der Waals surface area contributed by atoms with E-state index in [9.17, 15) is 30.8 Å². The second kappa shape index (κ2) is 6.57. The smallest absolute Gasteiger partial charge is 0.382 e.